The minimum absolute atomic E-state index is 0.0755. The second kappa shape index (κ2) is 8.25. The Morgan fingerprint density at radius 2 is 2.15 bits per heavy atom. The minimum Gasteiger partial charge on any atom is -0.375 e. The summed E-state index contributed by atoms with van der Waals surface area (Å²) < 4.78 is 12.0. The molecule has 0 radical (unpaired) electrons. The lowest BCUT2D eigenvalue weighted by atomic mass is 9.79. The number of hydrogen-bond donors (Lipinski definition) is 0. The van der Waals surface area contributed by atoms with Crippen LogP contribution in [0.5, 0.6) is 0 Å². The Labute approximate surface area is 155 Å². The van der Waals surface area contributed by atoms with Crippen molar-refractivity contribution in [3.8, 4) is 0 Å². The molecule has 2 aliphatic rings. The van der Waals surface area contributed by atoms with Crippen molar-refractivity contribution < 1.29 is 9.47 Å². The van der Waals surface area contributed by atoms with Crippen molar-refractivity contribution in [2.75, 3.05) is 26.3 Å². The van der Waals surface area contributed by atoms with E-state index in [1.54, 1.807) is 0 Å². The van der Waals surface area contributed by atoms with Crippen molar-refractivity contribution in [2.24, 2.45) is 5.92 Å². The molecule has 0 saturated carbocycles. The van der Waals surface area contributed by atoms with E-state index in [1.165, 1.54) is 5.56 Å². The van der Waals surface area contributed by atoms with E-state index >= 15 is 0 Å². The molecule has 0 amide bonds. The first-order valence-corrected chi connectivity index (χ1v) is 9.54. The van der Waals surface area contributed by atoms with Gasteiger partial charge in [0, 0.05) is 51.4 Å². The number of ether oxygens (including phenoxy) is 2. The van der Waals surface area contributed by atoms with Crippen LogP contribution < -0.4 is 0 Å². The number of pyridine rings is 2. The predicted octanol–water partition coefficient (Wildman–Crippen LogP) is 3.06. The summed E-state index contributed by atoms with van der Waals surface area (Å²) in [4.78, 5) is 11.0. The molecule has 0 aromatic carbocycles. The Balaban J connectivity index is 1.18. The predicted molar refractivity (Wildman–Crippen MR) is 99.4 cm³/mol. The molecule has 4 heterocycles. The third kappa shape index (κ3) is 4.47. The Morgan fingerprint density at radius 3 is 2.96 bits per heavy atom. The molecule has 2 aromatic rings. The van der Waals surface area contributed by atoms with Crippen LogP contribution in [0.2, 0.25) is 0 Å². The van der Waals surface area contributed by atoms with Gasteiger partial charge in [0.2, 0.25) is 0 Å². The fourth-order valence-electron chi connectivity index (χ4n) is 4.14. The molecule has 2 saturated heterocycles. The smallest absolute Gasteiger partial charge is 0.0937 e. The largest absolute Gasteiger partial charge is 0.375 e. The lowest BCUT2D eigenvalue weighted by Crippen LogP contribution is -2.64. The topological polar surface area (TPSA) is 47.5 Å². The van der Waals surface area contributed by atoms with Gasteiger partial charge in [-0.1, -0.05) is 12.1 Å². The molecular weight excluding hydrogens is 326 g/mol. The number of nitrogens with zero attached hydrogens (tertiary/aromatic N) is 3. The standard InChI is InChI=1S/C21H27N3O2/c1-2-9-23-20(5-1)15-25-10-6-18-7-11-26-21(12-18)16-24(17-21)14-19-4-3-8-22-13-19/h1-5,8-9,13,18H,6-7,10-12,14-17H2/t18-/m1/s1. The Morgan fingerprint density at radius 1 is 1.19 bits per heavy atom. The third-order valence-corrected chi connectivity index (χ3v) is 5.39. The van der Waals surface area contributed by atoms with Crippen LogP contribution in [0, 0.1) is 5.92 Å². The van der Waals surface area contributed by atoms with Crippen molar-refractivity contribution in [1.82, 2.24) is 14.9 Å². The van der Waals surface area contributed by atoms with Crippen LogP contribution >= 0.6 is 0 Å². The van der Waals surface area contributed by atoms with Gasteiger partial charge in [-0.3, -0.25) is 14.9 Å². The van der Waals surface area contributed by atoms with E-state index in [4.69, 9.17) is 9.47 Å². The fraction of sp³-hybridized carbons (Fsp3) is 0.524. The molecule has 4 rings (SSSR count). The monoisotopic (exact) mass is 353 g/mol. The zero-order chi connectivity index (χ0) is 17.7. The molecule has 2 fully saturated rings. The minimum atomic E-state index is 0.0755. The zero-order valence-corrected chi connectivity index (χ0v) is 15.2. The number of likely N-dealkylation sites (tertiary alicyclic amines) is 1. The Kier molecular flexibility index (Phi) is 5.58. The van der Waals surface area contributed by atoms with Gasteiger partial charge in [-0.05, 0) is 48.9 Å². The summed E-state index contributed by atoms with van der Waals surface area (Å²) in [7, 11) is 0. The van der Waals surface area contributed by atoms with Gasteiger partial charge < -0.3 is 9.47 Å². The molecule has 1 atom stereocenters. The van der Waals surface area contributed by atoms with E-state index < -0.39 is 0 Å². The van der Waals surface area contributed by atoms with Gasteiger partial charge in [0.25, 0.3) is 0 Å². The van der Waals surface area contributed by atoms with Crippen LogP contribution in [-0.2, 0) is 22.6 Å². The van der Waals surface area contributed by atoms with Gasteiger partial charge in [-0.25, -0.2) is 0 Å². The normalized spacial score (nSPS) is 22.2. The first-order valence-electron chi connectivity index (χ1n) is 9.54. The summed E-state index contributed by atoms with van der Waals surface area (Å²) in [5.41, 5.74) is 2.35. The van der Waals surface area contributed by atoms with E-state index in [2.05, 4.69) is 20.9 Å². The summed E-state index contributed by atoms with van der Waals surface area (Å²) >= 11 is 0. The third-order valence-electron chi connectivity index (χ3n) is 5.39. The molecule has 0 unspecified atom stereocenters. The van der Waals surface area contributed by atoms with Gasteiger partial charge in [-0.15, -0.1) is 0 Å². The summed E-state index contributed by atoms with van der Waals surface area (Å²) in [6.07, 6.45) is 9.01. The van der Waals surface area contributed by atoms with Crippen molar-refractivity contribution >= 4 is 0 Å². The fourth-order valence-corrected chi connectivity index (χ4v) is 4.14. The van der Waals surface area contributed by atoms with Gasteiger partial charge in [0.05, 0.1) is 17.9 Å². The average Bonchev–Trinajstić information content (AvgIpc) is 2.66. The number of rotatable bonds is 7. The maximum atomic E-state index is 6.17. The van der Waals surface area contributed by atoms with Crippen molar-refractivity contribution in [3.05, 3.63) is 60.2 Å². The molecule has 138 valence electrons. The lowest BCUT2D eigenvalue weighted by Gasteiger charge is -2.53. The summed E-state index contributed by atoms with van der Waals surface area (Å²) in [6, 6.07) is 10.1. The summed E-state index contributed by atoms with van der Waals surface area (Å²) in [5, 5.41) is 0. The molecule has 5 nitrogen and oxygen atoms in total. The SMILES string of the molecule is c1ccc(COCC[C@@H]2CCOC3(C2)CN(Cc2cccnc2)C3)nc1. The van der Waals surface area contributed by atoms with E-state index in [0.717, 1.165) is 57.8 Å². The van der Waals surface area contributed by atoms with Crippen LogP contribution in [0.3, 0.4) is 0 Å². The second-order valence-electron chi connectivity index (χ2n) is 7.56. The zero-order valence-electron chi connectivity index (χ0n) is 15.2. The molecule has 26 heavy (non-hydrogen) atoms. The van der Waals surface area contributed by atoms with Crippen LogP contribution in [0.25, 0.3) is 0 Å². The van der Waals surface area contributed by atoms with E-state index in [0.29, 0.717) is 12.5 Å². The second-order valence-corrected chi connectivity index (χ2v) is 7.56. The highest BCUT2D eigenvalue weighted by Gasteiger charge is 2.47. The highest BCUT2D eigenvalue weighted by atomic mass is 16.5. The number of aromatic nitrogens is 2. The van der Waals surface area contributed by atoms with E-state index in [1.807, 2.05) is 42.9 Å². The maximum Gasteiger partial charge on any atom is 0.0937 e. The Hall–Kier alpha value is -1.82. The van der Waals surface area contributed by atoms with Gasteiger partial charge in [0.15, 0.2) is 0 Å². The quantitative estimate of drug-likeness (QED) is 0.716. The summed E-state index contributed by atoms with van der Waals surface area (Å²) in [6.45, 7) is 5.33. The van der Waals surface area contributed by atoms with Crippen molar-refractivity contribution in [3.63, 3.8) is 0 Å². The first-order chi connectivity index (χ1) is 12.8. The van der Waals surface area contributed by atoms with E-state index in [-0.39, 0.29) is 5.60 Å². The molecule has 0 N–H and O–H groups in total. The molecule has 2 aromatic heterocycles. The molecule has 0 bridgehead atoms. The Bertz CT molecular complexity index is 674. The van der Waals surface area contributed by atoms with Gasteiger partial charge in [0.1, 0.15) is 0 Å². The molecule has 0 aliphatic carbocycles. The summed E-state index contributed by atoms with van der Waals surface area (Å²) in [5.74, 6) is 0.702. The highest BCUT2D eigenvalue weighted by molar-refractivity contribution is 5.11. The molecular formula is C21H27N3O2. The maximum absolute atomic E-state index is 6.17. The van der Waals surface area contributed by atoms with Crippen LogP contribution in [0.1, 0.15) is 30.5 Å². The lowest BCUT2D eigenvalue weighted by molar-refractivity contribution is -0.182. The first kappa shape index (κ1) is 17.6. The average molecular weight is 353 g/mol. The van der Waals surface area contributed by atoms with Gasteiger partial charge >= 0.3 is 0 Å². The van der Waals surface area contributed by atoms with Crippen LogP contribution in [0.4, 0.5) is 0 Å². The highest BCUT2D eigenvalue weighted by Crippen LogP contribution is 2.38. The molecule has 1 spiro atoms. The molecule has 2 aliphatic heterocycles. The van der Waals surface area contributed by atoms with Crippen molar-refractivity contribution in [1.29, 1.82) is 0 Å². The number of hydrogen-bond acceptors (Lipinski definition) is 5. The van der Waals surface area contributed by atoms with Crippen LogP contribution in [0.15, 0.2) is 48.9 Å². The van der Waals surface area contributed by atoms with Crippen molar-refractivity contribution in [2.45, 2.75) is 38.0 Å². The molecule has 5 heteroatoms. The van der Waals surface area contributed by atoms with Gasteiger partial charge in [-0.2, -0.15) is 0 Å². The van der Waals surface area contributed by atoms with Crippen LogP contribution in [-0.4, -0.2) is 46.8 Å². The van der Waals surface area contributed by atoms with E-state index in [9.17, 15) is 0 Å².